The van der Waals surface area contributed by atoms with Crippen molar-refractivity contribution in [1.29, 1.82) is 5.26 Å². The number of amides is 1. The second-order valence-electron chi connectivity index (χ2n) is 7.77. The summed E-state index contributed by atoms with van der Waals surface area (Å²) in [4.78, 5) is 32.8. The number of hydrogen-bond acceptors (Lipinski definition) is 5. The molecule has 1 aromatic carbocycles. The molecule has 0 atom stereocenters. The number of piperazine rings is 1. The Balaban J connectivity index is 1.37. The van der Waals surface area contributed by atoms with Crippen molar-refractivity contribution in [3.8, 4) is 6.07 Å². The van der Waals surface area contributed by atoms with Crippen LogP contribution in [0.2, 0.25) is 0 Å². The summed E-state index contributed by atoms with van der Waals surface area (Å²) in [6.07, 6.45) is -3.11. The van der Waals surface area contributed by atoms with Gasteiger partial charge in [-0.05, 0) is 36.4 Å². The highest BCUT2D eigenvalue weighted by atomic mass is 19.4. The van der Waals surface area contributed by atoms with Gasteiger partial charge in [-0.15, -0.1) is 0 Å². The van der Waals surface area contributed by atoms with Crippen LogP contribution in [0.3, 0.4) is 0 Å². The van der Waals surface area contributed by atoms with E-state index in [4.69, 9.17) is 5.26 Å². The SMILES string of the molecule is N#Cc1cccc(C(=O)N2CCN(CCn3ccc4nc(C(F)(F)F)ccc4c3=O)CC2)c1. The molecule has 3 aromatic rings. The molecule has 170 valence electrons. The summed E-state index contributed by atoms with van der Waals surface area (Å²) in [7, 11) is 0. The smallest absolute Gasteiger partial charge is 0.336 e. The van der Waals surface area contributed by atoms with Crippen LogP contribution in [0.4, 0.5) is 13.2 Å². The molecule has 33 heavy (non-hydrogen) atoms. The van der Waals surface area contributed by atoms with Crippen molar-refractivity contribution >= 4 is 16.8 Å². The van der Waals surface area contributed by atoms with Gasteiger partial charge in [0.1, 0.15) is 5.69 Å². The molecule has 0 saturated carbocycles. The molecule has 0 N–H and O–H groups in total. The Labute approximate surface area is 187 Å². The lowest BCUT2D eigenvalue weighted by molar-refractivity contribution is -0.140. The number of pyridine rings is 2. The number of alkyl halides is 3. The molecule has 2 aromatic heterocycles. The van der Waals surface area contributed by atoms with E-state index in [1.807, 2.05) is 6.07 Å². The van der Waals surface area contributed by atoms with Crippen LogP contribution >= 0.6 is 0 Å². The van der Waals surface area contributed by atoms with E-state index in [0.717, 1.165) is 12.1 Å². The van der Waals surface area contributed by atoms with Gasteiger partial charge in [0, 0.05) is 51.0 Å². The number of benzene rings is 1. The molecule has 0 bridgehead atoms. The maximum Gasteiger partial charge on any atom is 0.433 e. The second-order valence-corrected chi connectivity index (χ2v) is 7.77. The fourth-order valence-electron chi connectivity index (χ4n) is 3.83. The van der Waals surface area contributed by atoms with Crippen LogP contribution in [-0.2, 0) is 12.7 Å². The van der Waals surface area contributed by atoms with Gasteiger partial charge in [-0.3, -0.25) is 14.5 Å². The number of carbonyl (C=O) groups excluding carboxylic acids is 1. The van der Waals surface area contributed by atoms with Gasteiger partial charge in [0.05, 0.1) is 22.5 Å². The quantitative estimate of drug-likeness (QED) is 0.604. The molecule has 1 aliphatic rings. The van der Waals surface area contributed by atoms with Crippen molar-refractivity contribution in [3.63, 3.8) is 0 Å². The summed E-state index contributed by atoms with van der Waals surface area (Å²) in [5.41, 5.74) is -0.491. The van der Waals surface area contributed by atoms with Gasteiger partial charge in [0.15, 0.2) is 0 Å². The minimum atomic E-state index is -4.56. The van der Waals surface area contributed by atoms with E-state index in [1.54, 1.807) is 29.2 Å². The number of fused-ring (bicyclic) bond motifs is 1. The van der Waals surface area contributed by atoms with Crippen LogP contribution in [0.1, 0.15) is 21.6 Å². The minimum Gasteiger partial charge on any atom is -0.336 e. The minimum absolute atomic E-state index is 0.0127. The molecule has 3 heterocycles. The van der Waals surface area contributed by atoms with Gasteiger partial charge in [0.2, 0.25) is 0 Å². The van der Waals surface area contributed by atoms with Gasteiger partial charge in [-0.2, -0.15) is 18.4 Å². The van der Waals surface area contributed by atoms with Crippen molar-refractivity contribution in [2.45, 2.75) is 12.7 Å². The zero-order valence-electron chi connectivity index (χ0n) is 17.5. The maximum absolute atomic E-state index is 12.8. The fraction of sp³-hybridized carbons (Fsp3) is 0.304. The number of aromatic nitrogens is 2. The van der Waals surface area contributed by atoms with Crippen molar-refractivity contribution < 1.29 is 18.0 Å². The zero-order valence-corrected chi connectivity index (χ0v) is 17.5. The van der Waals surface area contributed by atoms with Crippen molar-refractivity contribution in [3.05, 3.63) is 75.8 Å². The number of nitriles is 1. The fourth-order valence-corrected chi connectivity index (χ4v) is 3.83. The highest BCUT2D eigenvalue weighted by Gasteiger charge is 2.32. The predicted octanol–water partition coefficient (Wildman–Crippen LogP) is 2.74. The number of carbonyl (C=O) groups is 1. The molecular formula is C23H20F3N5O2. The Hall–Kier alpha value is -3.71. The number of halogens is 3. The van der Waals surface area contributed by atoms with Gasteiger partial charge in [-0.1, -0.05) is 6.07 Å². The molecule has 1 amide bonds. The first kappa shape index (κ1) is 22.5. The molecule has 1 aliphatic heterocycles. The van der Waals surface area contributed by atoms with Gasteiger partial charge < -0.3 is 9.47 Å². The zero-order chi connectivity index (χ0) is 23.6. The first-order valence-electron chi connectivity index (χ1n) is 10.4. The summed E-state index contributed by atoms with van der Waals surface area (Å²) in [5.74, 6) is -0.122. The van der Waals surface area contributed by atoms with E-state index in [1.165, 1.54) is 16.8 Å². The Morgan fingerprint density at radius 1 is 1.06 bits per heavy atom. The van der Waals surface area contributed by atoms with E-state index < -0.39 is 11.9 Å². The average molecular weight is 455 g/mol. The van der Waals surface area contributed by atoms with Gasteiger partial charge in [-0.25, -0.2) is 4.98 Å². The third-order valence-corrected chi connectivity index (χ3v) is 5.67. The van der Waals surface area contributed by atoms with Gasteiger partial charge >= 0.3 is 6.18 Å². The van der Waals surface area contributed by atoms with E-state index in [0.29, 0.717) is 50.4 Å². The van der Waals surface area contributed by atoms with Crippen LogP contribution < -0.4 is 5.56 Å². The normalized spacial score (nSPS) is 14.9. The van der Waals surface area contributed by atoms with Crippen molar-refractivity contribution in [1.82, 2.24) is 19.4 Å². The topological polar surface area (TPSA) is 82.2 Å². The molecule has 7 nitrogen and oxygen atoms in total. The third kappa shape index (κ3) is 4.88. The first-order chi connectivity index (χ1) is 15.8. The molecule has 10 heteroatoms. The summed E-state index contributed by atoms with van der Waals surface area (Å²) in [6, 6.07) is 12.0. The van der Waals surface area contributed by atoms with Crippen LogP contribution in [0.25, 0.3) is 10.9 Å². The third-order valence-electron chi connectivity index (χ3n) is 5.67. The average Bonchev–Trinajstić information content (AvgIpc) is 2.83. The Bertz CT molecular complexity index is 1290. The lowest BCUT2D eigenvalue weighted by Crippen LogP contribution is -2.49. The molecule has 0 spiro atoms. The van der Waals surface area contributed by atoms with E-state index in [9.17, 15) is 22.8 Å². The van der Waals surface area contributed by atoms with Crippen molar-refractivity contribution in [2.75, 3.05) is 32.7 Å². The number of rotatable bonds is 4. The summed E-state index contributed by atoms with van der Waals surface area (Å²) < 4.78 is 40.0. The second kappa shape index (κ2) is 9.03. The van der Waals surface area contributed by atoms with Gasteiger partial charge in [0.25, 0.3) is 11.5 Å². The lowest BCUT2D eigenvalue weighted by Gasteiger charge is -2.34. The standard InChI is InChI=1S/C23H20F3N5O2/c24-23(25,26)20-5-4-18-19(28-20)6-7-30(22(18)33)11-8-29-9-12-31(13-10-29)21(32)17-3-1-2-16(14-17)15-27/h1-7,14H,8-13H2. The Kier molecular flexibility index (Phi) is 6.16. The van der Waals surface area contributed by atoms with Crippen LogP contribution in [0.15, 0.2) is 53.5 Å². The predicted molar refractivity (Wildman–Crippen MR) is 115 cm³/mol. The van der Waals surface area contributed by atoms with Crippen LogP contribution in [0, 0.1) is 11.3 Å². The molecule has 1 saturated heterocycles. The van der Waals surface area contributed by atoms with E-state index in [2.05, 4.69) is 9.88 Å². The Morgan fingerprint density at radius 2 is 1.82 bits per heavy atom. The first-order valence-corrected chi connectivity index (χ1v) is 10.4. The Morgan fingerprint density at radius 3 is 2.52 bits per heavy atom. The highest BCUT2D eigenvalue weighted by Crippen LogP contribution is 2.28. The number of nitrogens with zero attached hydrogens (tertiary/aromatic N) is 5. The molecule has 0 unspecified atom stereocenters. The van der Waals surface area contributed by atoms with E-state index in [-0.39, 0.29) is 22.4 Å². The van der Waals surface area contributed by atoms with E-state index >= 15 is 0 Å². The van der Waals surface area contributed by atoms with Crippen LogP contribution in [0.5, 0.6) is 0 Å². The monoisotopic (exact) mass is 455 g/mol. The number of hydrogen-bond donors (Lipinski definition) is 0. The molecular weight excluding hydrogens is 435 g/mol. The largest absolute Gasteiger partial charge is 0.433 e. The summed E-state index contributed by atoms with van der Waals surface area (Å²) >= 11 is 0. The summed E-state index contributed by atoms with van der Waals surface area (Å²) in [5, 5.41) is 9.15. The lowest BCUT2D eigenvalue weighted by atomic mass is 10.1. The molecule has 0 radical (unpaired) electrons. The molecule has 4 rings (SSSR count). The van der Waals surface area contributed by atoms with Crippen LogP contribution in [-0.4, -0.2) is 58.0 Å². The highest BCUT2D eigenvalue weighted by molar-refractivity contribution is 5.94. The summed E-state index contributed by atoms with van der Waals surface area (Å²) in [6.45, 7) is 3.23. The van der Waals surface area contributed by atoms with Crippen molar-refractivity contribution in [2.24, 2.45) is 0 Å². The molecule has 1 fully saturated rings. The maximum atomic E-state index is 12.8. The molecule has 0 aliphatic carbocycles.